The van der Waals surface area contributed by atoms with E-state index in [1.165, 1.54) is 0 Å². The van der Waals surface area contributed by atoms with Crippen LogP contribution in [0.5, 0.6) is 0 Å². The van der Waals surface area contributed by atoms with Gasteiger partial charge in [0.25, 0.3) is 0 Å². The molecule has 2 nitrogen and oxygen atoms in total. The van der Waals surface area contributed by atoms with Gasteiger partial charge in [-0.25, -0.2) is 0 Å². The fourth-order valence-electron chi connectivity index (χ4n) is 0. The highest BCUT2D eigenvalue weighted by Crippen LogP contribution is 1.85. The Kier molecular flexibility index (Phi) is 3.72. The van der Waals surface area contributed by atoms with Crippen LogP contribution in [0.25, 0.3) is 0 Å². The van der Waals surface area contributed by atoms with Crippen molar-refractivity contribution in [1.29, 1.82) is 0 Å². The van der Waals surface area contributed by atoms with Gasteiger partial charge >= 0.3 is 10.6 Å². The van der Waals surface area contributed by atoms with Crippen molar-refractivity contribution in [3.8, 4) is 0 Å². The summed E-state index contributed by atoms with van der Waals surface area (Å²) in [5.41, 5.74) is 0. The molecule has 6 heavy (non-hydrogen) atoms. The quantitative estimate of drug-likeness (QED) is 0.459. The van der Waals surface area contributed by atoms with Crippen LogP contribution in [0.4, 0.5) is 7.77 Å². The second-order valence-corrected chi connectivity index (χ2v) is 1.14. The Bertz CT molecular complexity index is 92.7. The lowest BCUT2D eigenvalue weighted by atomic mass is 15.9. The van der Waals surface area contributed by atoms with Crippen molar-refractivity contribution in [3.63, 3.8) is 0 Å². The molecule has 0 aromatic heterocycles. The van der Waals surface area contributed by atoms with Crippen molar-refractivity contribution < 1.29 is 16.2 Å². The van der Waals surface area contributed by atoms with E-state index in [4.69, 9.17) is 8.42 Å². The lowest BCUT2D eigenvalue weighted by Gasteiger charge is -1.57. The summed E-state index contributed by atoms with van der Waals surface area (Å²) < 4.78 is 36.6. The standard InChI is InChI=1S/F2O2S.S/c1-5(2,3)4;. The van der Waals surface area contributed by atoms with Gasteiger partial charge < -0.3 is 0 Å². The molecule has 38 valence electrons. The van der Waals surface area contributed by atoms with Gasteiger partial charge in [0.1, 0.15) is 0 Å². The third-order valence-corrected chi connectivity index (χ3v) is 0. The minimum atomic E-state index is -5.67. The number of hydrogen-bond acceptors (Lipinski definition) is 2. The number of halogens is 2. The van der Waals surface area contributed by atoms with Crippen molar-refractivity contribution >= 4 is 24.1 Å². The van der Waals surface area contributed by atoms with Gasteiger partial charge in [0, 0.05) is 13.5 Å². The molecule has 0 amide bonds. The van der Waals surface area contributed by atoms with Gasteiger partial charge in [0.05, 0.1) is 0 Å². The Morgan fingerprint density at radius 3 is 1.17 bits per heavy atom. The third-order valence-electron chi connectivity index (χ3n) is 0. The van der Waals surface area contributed by atoms with Crippen molar-refractivity contribution in [2.45, 2.75) is 0 Å². The van der Waals surface area contributed by atoms with E-state index in [9.17, 15) is 7.77 Å². The minimum Gasteiger partial charge on any atom is -0.160 e. The molecule has 0 aliphatic rings. The molecule has 0 aliphatic heterocycles. The monoisotopic (exact) mass is 134 g/mol. The molecule has 0 aromatic rings. The Morgan fingerprint density at radius 1 is 1.17 bits per heavy atom. The van der Waals surface area contributed by atoms with Gasteiger partial charge in [-0.2, -0.15) is 8.42 Å². The maximum absolute atomic E-state index is 9.99. The second-order valence-electron chi connectivity index (χ2n) is 0.378. The summed E-state index contributed by atoms with van der Waals surface area (Å²) >= 11 is 0. The zero-order valence-electron chi connectivity index (χ0n) is 2.39. The van der Waals surface area contributed by atoms with E-state index in [2.05, 4.69) is 0 Å². The van der Waals surface area contributed by atoms with Gasteiger partial charge in [-0.3, -0.25) is 0 Å². The zero-order valence-corrected chi connectivity index (χ0v) is 4.02. The average molecular weight is 134 g/mol. The highest BCUT2D eigenvalue weighted by Gasteiger charge is 1.94. The fourth-order valence-corrected chi connectivity index (χ4v) is 0. The van der Waals surface area contributed by atoms with Crippen LogP contribution in [-0.4, -0.2) is 8.42 Å². The molecule has 0 bridgehead atoms. The summed E-state index contributed by atoms with van der Waals surface area (Å²) in [5.74, 6) is 0. The topological polar surface area (TPSA) is 34.1 Å². The number of rotatable bonds is 0. The summed E-state index contributed by atoms with van der Waals surface area (Å²) in [6, 6.07) is 0. The average Bonchev–Trinajstić information content (AvgIpc) is 0.722. The smallest absolute Gasteiger partial charge is 0.160 e. The van der Waals surface area contributed by atoms with Gasteiger partial charge in [-0.1, -0.05) is 7.77 Å². The number of hydrogen-bond donors (Lipinski definition) is 0. The maximum Gasteiger partial charge on any atom is 0.476 e. The first-order valence-corrected chi connectivity index (χ1v) is 1.93. The van der Waals surface area contributed by atoms with Crippen molar-refractivity contribution in [3.05, 3.63) is 0 Å². The van der Waals surface area contributed by atoms with Crippen LogP contribution in [0.15, 0.2) is 0 Å². The van der Waals surface area contributed by atoms with Crippen LogP contribution in [0.3, 0.4) is 0 Å². The molecule has 2 radical (unpaired) electrons. The van der Waals surface area contributed by atoms with E-state index in [1.807, 2.05) is 0 Å². The minimum absolute atomic E-state index is 0. The van der Waals surface area contributed by atoms with E-state index in [1.54, 1.807) is 0 Å². The van der Waals surface area contributed by atoms with Crippen LogP contribution in [0, 0.1) is 0 Å². The van der Waals surface area contributed by atoms with Crippen molar-refractivity contribution in [2.24, 2.45) is 0 Å². The van der Waals surface area contributed by atoms with Crippen LogP contribution in [0.2, 0.25) is 0 Å². The van der Waals surface area contributed by atoms with E-state index in [0.29, 0.717) is 0 Å². The highest BCUT2D eigenvalue weighted by molar-refractivity contribution is 7.81. The molecule has 0 N–H and O–H groups in total. The first-order valence-electron chi connectivity index (χ1n) is 0.642. The molecule has 0 fully saturated rings. The van der Waals surface area contributed by atoms with Crippen LogP contribution < -0.4 is 0 Å². The fraction of sp³-hybridized carbons (Fsp3) is 0. The Hall–Kier alpha value is 0.160. The molecule has 0 saturated heterocycles. The first-order chi connectivity index (χ1) is 2.00. The largest absolute Gasteiger partial charge is 0.476 e. The van der Waals surface area contributed by atoms with Gasteiger partial charge in [-0.15, -0.1) is 0 Å². The van der Waals surface area contributed by atoms with Gasteiger partial charge in [-0.05, 0) is 0 Å². The van der Waals surface area contributed by atoms with E-state index in [-0.39, 0.29) is 13.5 Å². The third kappa shape index (κ3) is 1620. The van der Waals surface area contributed by atoms with Crippen molar-refractivity contribution in [2.75, 3.05) is 0 Å². The normalized spacial score (nSPS) is 9.67. The Labute approximate surface area is 41.1 Å². The molecule has 0 aromatic carbocycles. The van der Waals surface area contributed by atoms with E-state index >= 15 is 0 Å². The predicted octanol–water partition coefficient (Wildman–Crippen LogP) is 0.818. The molecule has 0 aliphatic carbocycles. The van der Waals surface area contributed by atoms with Crippen LogP contribution >= 0.6 is 13.5 Å². The molecule has 0 rings (SSSR count). The zero-order chi connectivity index (χ0) is 4.50. The summed E-state index contributed by atoms with van der Waals surface area (Å²) in [7, 11) is -5.67. The molecule has 6 heteroatoms. The van der Waals surface area contributed by atoms with E-state index in [0.717, 1.165) is 0 Å². The maximum atomic E-state index is 9.99. The van der Waals surface area contributed by atoms with Crippen LogP contribution in [0.1, 0.15) is 0 Å². The van der Waals surface area contributed by atoms with Crippen molar-refractivity contribution in [1.82, 2.24) is 0 Å². The lowest BCUT2D eigenvalue weighted by Crippen LogP contribution is -1.69. The molecule has 0 spiro atoms. The Morgan fingerprint density at radius 2 is 1.17 bits per heavy atom. The van der Waals surface area contributed by atoms with Crippen LogP contribution in [-0.2, 0) is 10.6 Å². The first kappa shape index (κ1) is 9.48. The SMILES string of the molecule is O=S(=O)(F)F.[S]. The molecule has 0 heterocycles. The summed E-state index contributed by atoms with van der Waals surface area (Å²) in [6.45, 7) is 0. The summed E-state index contributed by atoms with van der Waals surface area (Å²) in [5, 5.41) is 0. The molecule has 0 unspecified atom stereocenters. The Balaban J connectivity index is 0. The second kappa shape index (κ2) is 2.35. The molecular weight excluding hydrogens is 134 g/mol. The predicted molar refractivity (Wildman–Crippen MR) is 18.7 cm³/mol. The summed E-state index contributed by atoms with van der Waals surface area (Å²) in [6.07, 6.45) is 0. The lowest BCUT2D eigenvalue weighted by molar-refractivity contribution is 0.501. The molecule has 0 saturated carbocycles. The van der Waals surface area contributed by atoms with Gasteiger partial charge in [0.2, 0.25) is 0 Å². The highest BCUT2D eigenvalue weighted by atomic mass is 32.3. The van der Waals surface area contributed by atoms with Gasteiger partial charge in [0.15, 0.2) is 0 Å². The molecular formula is F2O2S2. The molecule has 0 atom stereocenters. The van der Waals surface area contributed by atoms with E-state index < -0.39 is 10.6 Å². The summed E-state index contributed by atoms with van der Waals surface area (Å²) in [4.78, 5) is 0.